The minimum absolute atomic E-state index is 0.574. The second kappa shape index (κ2) is 4.31. The Hall–Kier alpha value is -2.07. The predicted octanol–water partition coefficient (Wildman–Crippen LogP) is 2.56. The van der Waals surface area contributed by atoms with Crippen molar-refractivity contribution in [1.82, 2.24) is 14.6 Å². The van der Waals surface area contributed by atoms with Crippen LogP contribution in [0, 0.1) is 0 Å². The number of fused-ring (bicyclic) bond motifs is 1. The van der Waals surface area contributed by atoms with E-state index in [-0.39, 0.29) is 0 Å². The Bertz CT molecular complexity index is 705. The number of hydrogen-bond acceptors (Lipinski definition) is 3. The lowest BCUT2D eigenvalue weighted by Crippen LogP contribution is -1.99. The van der Waals surface area contributed by atoms with E-state index in [4.69, 9.17) is 17.3 Å². The minimum atomic E-state index is 0.574. The fourth-order valence-corrected chi connectivity index (χ4v) is 2.09. The van der Waals surface area contributed by atoms with E-state index >= 15 is 0 Å². The van der Waals surface area contributed by atoms with E-state index in [1.807, 2.05) is 30.3 Å². The van der Waals surface area contributed by atoms with Crippen molar-refractivity contribution in [1.29, 1.82) is 0 Å². The number of nitrogens with two attached hydrogens (primary N) is 1. The number of halogens is 1. The summed E-state index contributed by atoms with van der Waals surface area (Å²) in [5.41, 5.74) is 8.51. The van der Waals surface area contributed by atoms with Crippen molar-refractivity contribution in [2.45, 2.75) is 6.42 Å². The van der Waals surface area contributed by atoms with Gasteiger partial charge in [0.1, 0.15) is 5.82 Å². The molecule has 0 spiro atoms. The van der Waals surface area contributed by atoms with Crippen LogP contribution in [0.4, 0.5) is 5.82 Å². The van der Waals surface area contributed by atoms with Crippen LogP contribution in [0.2, 0.25) is 5.02 Å². The monoisotopic (exact) mass is 258 g/mol. The van der Waals surface area contributed by atoms with Gasteiger partial charge in [0.15, 0.2) is 5.65 Å². The Labute approximate surface area is 109 Å². The number of hydrogen-bond donors (Lipinski definition) is 1. The maximum Gasteiger partial charge on any atom is 0.157 e. The lowest BCUT2D eigenvalue weighted by atomic mass is 10.1. The Morgan fingerprint density at radius 3 is 2.83 bits per heavy atom. The molecule has 90 valence electrons. The van der Waals surface area contributed by atoms with Crippen molar-refractivity contribution in [3.8, 4) is 0 Å². The zero-order valence-electron chi connectivity index (χ0n) is 9.55. The fraction of sp³-hybridized carbons (Fsp3) is 0.0769. The molecule has 0 aliphatic rings. The molecular formula is C13H11ClN4. The molecule has 2 heterocycles. The number of nitrogens with zero attached hydrogens (tertiary/aromatic N) is 3. The Morgan fingerprint density at radius 2 is 2.06 bits per heavy atom. The molecule has 1 aromatic carbocycles. The molecule has 3 aromatic rings. The number of rotatable bonds is 2. The van der Waals surface area contributed by atoms with Crippen LogP contribution in [0.15, 0.2) is 42.6 Å². The molecule has 0 fully saturated rings. The molecule has 2 N–H and O–H groups in total. The second-order valence-corrected chi connectivity index (χ2v) is 4.45. The number of aromatic nitrogens is 3. The van der Waals surface area contributed by atoms with Gasteiger partial charge >= 0.3 is 0 Å². The van der Waals surface area contributed by atoms with Crippen LogP contribution in [-0.4, -0.2) is 14.6 Å². The maximum atomic E-state index is 6.13. The minimum Gasteiger partial charge on any atom is -0.384 e. The van der Waals surface area contributed by atoms with Crippen LogP contribution < -0.4 is 5.73 Å². The summed E-state index contributed by atoms with van der Waals surface area (Å²) in [5, 5.41) is 5.16. The molecule has 18 heavy (non-hydrogen) atoms. The largest absolute Gasteiger partial charge is 0.384 e. The summed E-state index contributed by atoms with van der Waals surface area (Å²) in [6.45, 7) is 0. The highest BCUT2D eigenvalue weighted by Crippen LogP contribution is 2.19. The van der Waals surface area contributed by atoms with Crippen LogP contribution in [0.3, 0.4) is 0 Å². The lowest BCUT2D eigenvalue weighted by molar-refractivity contribution is 0.907. The SMILES string of the molecule is Nc1ccnc2cc(Cc3ccccc3Cl)nn12. The van der Waals surface area contributed by atoms with Crippen molar-refractivity contribution < 1.29 is 0 Å². The van der Waals surface area contributed by atoms with E-state index in [1.54, 1.807) is 16.8 Å². The summed E-state index contributed by atoms with van der Waals surface area (Å²) < 4.78 is 1.63. The Morgan fingerprint density at radius 1 is 1.22 bits per heavy atom. The Balaban J connectivity index is 2.01. The summed E-state index contributed by atoms with van der Waals surface area (Å²) in [7, 11) is 0. The topological polar surface area (TPSA) is 56.2 Å². The third kappa shape index (κ3) is 1.91. The molecule has 0 unspecified atom stereocenters. The van der Waals surface area contributed by atoms with Gasteiger partial charge in [-0.15, -0.1) is 0 Å². The molecule has 0 aliphatic heterocycles. The first-order valence-corrected chi connectivity index (χ1v) is 5.94. The number of nitrogen functional groups attached to an aromatic ring is 1. The summed E-state index contributed by atoms with van der Waals surface area (Å²) in [6.07, 6.45) is 2.34. The van der Waals surface area contributed by atoms with Gasteiger partial charge < -0.3 is 5.73 Å². The van der Waals surface area contributed by atoms with Crippen molar-refractivity contribution >= 4 is 23.1 Å². The highest BCUT2D eigenvalue weighted by atomic mass is 35.5. The van der Waals surface area contributed by atoms with E-state index in [1.165, 1.54) is 0 Å². The lowest BCUT2D eigenvalue weighted by Gasteiger charge is -2.00. The van der Waals surface area contributed by atoms with Crippen LogP contribution >= 0.6 is 11.6 Å². The molecule has 0 aliphatic carbocycles. The van der Waals surface area contributed by atoms with E-state index in [9.17, 15) is 0 Å². The summed E-state index contributed by atoms with van der Waals surface area (Å²) in [4.78, 5) is 4.21. The van der Waals surface area contributed by atoms with Crippen LogP contribution in [0.1, 0.15) is 11.3 Å². The van der Waals surface area contributed by atoms with E-state index in [0.29, 0.717) is 12.2 Å². The molecule has 4 nitrogen and oxygen atoms in total. The first kappa shape index (κ1) is 11.0. The Kier molecular flexibility index (Phi) is 2.64. The smallest absolute Gasteiger partial charge is 0.157 e. The van der Waals surface area contributed by atoms with Gasteiger partial charge in [-0.1, -0.05) is 29.8 Å². The quantitative estimate of drug-likeness (QED) is 0.769. The van der Waals surface area contributed by atoms with Crippen molar-refractivity contribution in [3.05, 3.63) is 58.9 Å². The first-order valence-electron chi connectivity index (χ1n) is 5.56. The van der Waals surface area contributed by atoms with Crippen molar-refractivity contribution in [2.75, 3.05) is 5.73 Å². The highest BCUT2D eigenvalue weighted by molar-refractivity contribution is 6.31. The molecule has 0 saturated heterocycles. The molecule has 5 heteroatoms. The van der Waals surface area contributed by atoms with Crippen LogP contribution in [0.25, 0.3) is 5.65 Å². The third-order valence-corrected chi connectivity index (χ3v) is 3.14. The zero-order valence-corrected chi connectivity index (χ0v) is 10.3. The second-order valence-electron chi connectivity index (χ2n) is 4.04. The summed E-state index contributed by atoms with van der Waals surface area (Å²) >= 11 is 6.13. The maximum absolute atomic E-state index is 6.13. The highest BCUT2D eigenvalue weighted by Gasteiger charge is 2.07. The van der Waals surface area contributed by atoms with Gasteiger partial charge in [-0.25, -0.2) is 4.98 Å². The fourth-order valence-electron chi connectivity index (χ4n) is 1.88. The molecule has 0 saturated carbocycles. The van der Waals surface area contributed by atoms with Crippen molar-refractivity contribution in [3.63, 3.8) is 0 Å². The number of benzene rings is 1. The van der Waals surface area contributed by atoms with Gasteiger partial charge in [-0.05, 0) is 17.7 Å². The molecule has 0 bridgehead atoms. The molecule has 0 radical (unpaired) electrons. The van der Waals surface area contributed by atoms with Crippen LogP contribution in [-0.2, 0) is 6.42 Å². The van der Waals surface area contributed by atoms with Gasteiger partial charge in [-0.3, -0.25) is 0 Å². The summed E-state index contributed by atoms with van der Waals surface area (Å²) in [5.74, 6) is 0.574. The van der Waals surface area contributed by atoms with E-state index in [0.717, 1.165) is 21.9 Å². The molecule has 3 rings (SSSR count). The van der Waals surface area contributed by atoms with E-state index < -0.39 is 0 Å². The average Bonchev–Trinajstić information content (AvgIpc) is 2.76. The molecule has 2 aromatic heterocycles. The van der Waals surface area contributed by atoms with Gasteiger partial charge in [0, 0.05) is 23.7 Å². The van der Waals surface area contributed by atoms with Gasteiger partial charge in [-0.2, -0.15) is 9.61 Å². The van der Waals surface area contributed by atoms with Gasteiger partial charge in [0.05, 0.1) is 5.69 Å². The first-order chi connectivity index (χ1) is 8.74. The van der Waals surface area contributed by atoms with Crippen LogP contribution in [0.5, 0.6) is 0 Å². The average molecular weight is 259 g/mol. The van der Waals surface area contributed by atoms with Gasteiger partial charge in [0.2, 0.25) is 0 Å². The van der Waals surface area contributed by atoms with Gasteiger partial charge in [0.25, 0.3) is 0 Å². The summed E-state index contributed by atoms with van der Waals surface area (Å²) in [6, 6.07) is 11.4. The number of anilines is 1. The normalized spacial score (nSPS) is 10.9. The zero-order chi connectivity index (χ0) is 12.5. The molecule has 0 atom stereocenters. The standard InChI is InChI=1S/C13H11ClN4/c14-11-4-2-1-3-9(11)7-10-8-13-16-6-5-12(15)18(13)17-10/h1-6,8H,7,15H2. The third-order valence-electron chi connectivity index (χ3n) is 2.77. The van der Waals surface area contributed by atoms with E-state index in [2.05, 4.69) is 10.1 Å². The van der Waals surface area contributed by atoms with Crippen molar-refractivity contribution in [2.24, 2.45) is 0 Å². The predicted molar refractivity (Wildman–Crippen MR) is 71.7 cm³/mol. The molecular weight excluding hydrogens is 248 g/mol. The molecule has 0 amide bonds.